The van der Waals surface area contributed by atoms with Gasteiger partial charge in [-0.2, -0.15) is 0 Å². The number of anilines is 2. The Morgan fingerprint density at radius 3 is 2.33 bits per heavy atom. The Hall–Kier alpha value is -2.56. The Kier molecular flexibility index (Phi) is 4.77. The van der Waals surface area contributed by atoms with Gasteiger partial charge in [-0.3, -0.25) is 0 Å². The van der Waals surface area contributed by atoms with Crippen LogP contribution >= 0.6 is 0 Å². The molecule has 0 aliphatic carbocycles. The molecular weight excluding hydrogens is 271 g/mol. The first kappa shape index (κ1) is 14.8. The minimum Gasteiger partial charge on any atom is -0.491 e. The molecule has 2 aromatic carbocycles. The smallest absolute Gasteiger partial charge is 0.323 e. The van der Waals surface area contributed by atoms with Crippen LogP contribution in [0.5, 0.6) is 5.75 Å². The molecule has 0 radical (unpaired) electrons. The van der Waals surface area contributed by atoms with E-state index in [9.17, 15) is 9.18 Å². The summed E-state index contributed by atoms with van der Waals surface area (Å²) in [6.07, 6.45) is 0.0973. The number of halogens is 1. The lowest BCUT2D eigenvalue weighted by molar-refractivity contribution is 0.242. The van der Waals surface area contributed by atoms with E-state index in [0.29, 0.717) is 11.4 Å². The number of rotatable bonds is 4. The molecule has 0 atom stereocenters. The van der Waals surface area contributed by atoms with Gasteiger partial charge in [-0.05, 0) is 56.3 Å². The van der Waals surface area contributed by atoms with Crippen molar-refractivity contribution in [3.05, 3.63) is 54.3 Å². The molecule has 2 aromatic rings. The minimum atomic E-state index is -0.432. The van der Waals surface area contributed by atoms with Gasteiger partial charge >= 0.3 is 6.03 Å². The van der Waals surface area contributed by atoms with E-state index in [0.717, 1.165) is 5.75 Å². The van der Waals surface area contributed by atoms with Crippen LogP contribution in [0.4, 0.5) is 20.6 Å². The quantitative estimate of drug-likeness (QED) is 0.883. The zero-order valence-corrected chi connectivity index (χ0v) is 11.9. The van der Waals surface area contributed by atoms with Crippen molar-refractivity contribution in [1.82, 2.24) is 0 Å². The Morgan fingerprint density at radius 2 is 1.71 bits per heavy atom. The molecule has 2 amide bonds. The molecule has 2 N–H and O–H groups in total. The summed E-state index contributed by atoms with van der Waals surface area (Å²) in [5.41, 5.74) is 1.02. The molecule has 0 bridgehead atoms. The molecule has 2 rings (SSSR count). The summed E-state index contributed by atoms with van der Waals surface area (Å²) in [5.74, 6) is 0.337. The van der Waals surface area contributed by atoms with Gasteiger partial charge in [-0.1, -0.05) is 6.07 Å². The fourth-order valence-electron chi connectivity index (χ4n) is 1.75. The van der Waals surface area contributed by atoms with E-state index in [1.165, 1.54) is 18.2 Å². The summed E-state index contributed by atoms with van der Waals surface area (Å²) in [6, 6.07) is 12.3. The monoisotopic (exact) mass is 288 g/mol. The summed E-state index contributed by atoms with van der Waals surface area (Å²) in [4.78, 5) is 11.8. The van der Waals surface area contributed by atoms with Crippen LogP contribution in [0.3, 0.4) is 0 Å². The molecule has 0 saturated carbocycles. The molecule has 4 nitrogen and oxygen atoms in total. The molecule has 0 spiro atoms. The number of carbonyl (C=O) groups is 1. The number of carbonyl (C=O) groups excluding carboxylic acids is 1. The Morgan fingerprint density at radius 1 is 1.05 bits per heavy atom. The van der Waals surface area contributed by atoms with Crippen LogP contribution in [0.1, 0.15) is 13.8 Å². The second kappa shape index (κ2) is 6.74. The van der Waals surface area contributed by atoms with Crippen molar-refractivity contribution in [2.75, 3.05) is 10.6 Å². The normalized spacial score (nSPS) is 10.3. The van der Waals surface area contributed by atoms with Gasteiger partial charge in [-0.15, -0.1) is 0 Å². The SMILES string of the molecule is CC(C)Oc1ccc(NC(=O)Nc2cccc(F)c2)cc1. The van der Waals surface area contributed by atoms with Crippen molar-refractivity contribution in [3.8, 4) is 5.75 Å². The maximum atomic E-state index is 13.0. The Bertz CT molecular complexity index is 612. The third kappa shape index (κ3) is 4.80. The molecule has 110 valence electrons. The highest BCUT2D eigenvalue weighted by Gasteiger charge is 2.04. The fourth-order valence-corrected chi connectivity index (χ4v) is 1.75. The number of amides is 2. The predicted molar refractivity (Wildman–Crippen MR) is 81.2 cm³/mol. The van der Waals surface area contributed by atoms with Gasteiger partial charge in [0.25, 0.3) is 0 Å². The van der Waals surface area contributed by atoms with E-state index in [-0.39, 0.29) is 6.10 Å². The van der Waals surface area contributed by atoms with Crippen LogP contribution in [-0.4, -0.2) is 12.1 Å². The van der Waals surface area contributed by atoms with Crippen LogP contribution < -0.4 is 15.4 Å². The maximum absolute atomic E-state index is 13.0. The van der Waals surface area contributed by atoms with E-state index in [2.05, 4.69) is 10.6 Å². The average molecular weight is 288 g/mol. The maximum Gasteiger partial charge on any atom is 0.323 e. The molecule has 21 heavy (non-hydrogen) atoms. The van der Waals surface area contributed by atoms with Gasteiger partial charge in [0.1, 0.15) is 11.6 Å². The second-order valence-corrected chi connectivity index (χ2v) is 4.78. The fraction of sp³-hybridized carbons (Fsp3) is 0.188. The topological polar surface area (TPSA) is 50.4 Å². The first-order valence-electron chi connectivity index (χ1n) is 6.63. The zero-order chi connectivity index (χ0) is 15.2. The lowest BCUT2D eigenvalue weighted by Crippen LogP contribution is -2.19. The lowest BCUT2D eigenvalue weighted by Gasteiger charge is -2.11. The van der Waals surface area contributed by atoms with Gasteiger partial charge in [-0.25, -0.2) is 9.18 Å². The molecule has 0 fully saturated rings. The first-order chi connectivity index (χ1) is 10.0. The number of hydrogen-bond acceptors (Lipinski definition) is 2. The molecule has 0 aliphatic rings. The lowest BCUT2D eigenvalue weighted by atomic mass is 10.3. The number of ether oxygens (including phenoxy) is 1. The number of nitrogens with one attached hydrogen (secondary N) is 2. The van der Waals surface area contributed by atoms with Crippen molar-refractivity contribution < 1.29 is 13.9 Å². The second-order valence-electron chi connectivity index (χ2n) is 4.78. The van der Waals surface area contributed by atoms with E-state index in [4.69, 9.17) is 4.74 Å². The highest BCUT2D eigenvalue weighted by Crippen LogP contribution is 2.17. The zero-order valence-electron chi connectivity index (χ0n) is 11.9. The van der Waals surface area contributed by atoms with E-state index >= 15 is 0 Å². The Labute approximate surface area is 122 Å². The van der Waals surface area contributed by atoms with Gasteiger partial charge in [0, 0.05) is 11.4 Å². The predicted octanol–water partition coefficient (Wildman–Crippen LogP) is 4.26. The van der Waals surface area contributed by atoms with Crippen molar-refractivity contribution >= 4 is 17.4 Å². The van der Waals surface area contributed by atoms with Crippen LogP contribution in [0.15, 0.2) is 48.5 Å². The van der Waals surface area contributed by atoms with Crippen LogP contribution in [-0.2, 0) is 0 Å². The highest BCUT2D eigenvalue weighted by molar-refractivity contribution is 5.99. The van der Waals surface area contributed by atoms with Crippen molar-refractivity contribution in [3.63, 3.8) is 0 Å². The van der Waals surface area contributed by atoms with Crippen LogP contribution in [0.25, 0.3) is 0 Å². The Balaban J connectivity index is 1.93. The summed E-state index contributed by atoms with van der Waals surface area (Å²) in [7, 11) is 0. The summed E-state index contributed by atoms with van der Waals surface area (Å²) in [6.45, 7) is 3.89. The summed E-state index contributed by atoms with van der Waals surface area (Å²) in [5, 5.41) is 5.22. The van der Waals surface area contributed by atoms with Crippen molar-refractivity contribution in [2.24, 2.45) is 0 Å². The van der Waals surface area contributed by atoms with Gasteiger partial charge in [0.05, 0.1) is 6.10 Å². The van der Waals surface area contributed by atoms with Crippen LogP contribution in [0, 0.1) is 5.82 Å². The third-order valence-corrected chi connectivity index (χ3v) is 2.57. The van der Waals surface area contributed by atoms with E-state index in [1.807, 2.05) is 13.8 Å². The molecule has 0 aromatic heterocycles. The molecule has 0 heterocycles. The highest BCUT2D eigenvalue weighted by atomic mass is 19.1. The number of urea groups is 1. The van der Waals surface area contributed by atoms with Crippen molar-refractivity contribution in [2.45, 2.75) is 20.0 Å². The largest absolute Gasteiger partial charge is 0.491 e. The average Bonchev–Trinajstić information content (AvgIpc) is 2.40. The third-order valence-electron chi connectivity index (χ3n) is 2.57. The van der Waals surface area contributed by atoms with Gasteiger partial charge in [0.2, 0.25) is 0 Å². The molecule has 5 heteroatoms. The molecule has 0 unspecified atom stereocenters. The molecule has 0 saturated heterocycles. The van der Waals surface area contributed by atoms with Crippen LogP contribution in [0.2, 0.25) is 0 Å². The summed E-state index contributed by atoms with van der Waals surface area (Å²) < 4.78 is 18.5. The number of hydrogen-bond donors (Lipinski definition) is 2. The van der Waals surface area contributed by atoms with Crippen molar-refractivity contribution in [1.29, 1.82) is 0 Å². The van der Waals surface area contributed by atoms with E-state index in [1.54, 1.807) is 30.3 Å². The first-order valence-corrected chi connectivity index (χ1v) is 6.63. The van der Waals surface area contributed by atoms with Gasteiger partial charge in [0.15, 0.2) is 0 Å². The van der Waals surface area contributed by atoms with E-state index < -0.39 is 11.8 Å². The number of benzene rings is 2. The standard InChI is InChI=1S/C16H17FN2O2/c1-11(2)21-15-8-6-13(7-9-15)18-16(20)19-14-5-3-4-12(17)10-14/h3-11H,1-2H3,(H2,18,19,20). The van der Waals surface area contributed by atoms with Gasteiger partial charge < -0.3 is 15.4 Å². The minimum absolute atomic E-state index is 0.0973. The molecule has 0 aliphatic heterocycles. The molecular formula is C16H17FN2O2. The summed E-state index contributed by atoms with van der Waals surface area (Å²) >= 11 is 0.